The van der Waals surface area contributed by atoms with Crippen LogP contribution in [0.25, 0.3) is 16.6 Å². The molecule has 3 nitrogen and oxygen atoms in total. The fourth-order valence-corrected chi connectivity index (χ4v) is 3.21. The molecule has 1 heterocycles. The average Bonchev–Trinajstić information content (AvgIpc) is 3.10. The maximum atomic E-state index is 12.4. The van der Waals surface area contributed by atoms with Gasteiger partial charge in [0.15, 0.2) is 5.78 Å². The first-order chi connectivity index (χ1) is 12.2. The Balaban J connectivity index is 1.76. The van der Waals surface area contributed by atoms with Crippen LogP contribution in [0.1, 0.15) is 23.0 Å². The van der Waals surface area contributed by atoms with Gasteiger partial charge in [0.2, 0.25) is 0 Å². The average molecular weight is 370 g/mol. The Hall–Kier alpha value is -2.43. The summed E-state index contributed by atoms with van der Waals surface area (Å²) in [7, 11) is 0. The van der Waals surface area contributed by atoms with E-state index in [0.717, 1.165) is 16.3 Å². The predicted octanol–water partition coefficient (Wildman–Crippen LogP) is 5.76. The predicted molar refractivity (Wildman–Crippen MR) is 104 cm³/mol. The van der Waals surface area contributed by atoms with Crippen LogP contribution < -0.4 is 4.74 Å². The highest BCUT2D eigenvalue weighted by Crippen LogP contribution is 2.26. The fourth-order valence-electron chi connectivity index (χ4n) is 2.29. The topological polar surface area (TPSA) is 39.2 Å². The number of nitrogens with zero attached hydrogens (tertiary/aromatic N) is 1. The molecule has 3 rings (SSSR count). The molecule has 0 amide bonds. The van der Waals surface area contributed by atoms with E-state index < -0.39 is 0 Å². The standard InChI is InChI=1S/C20H16ClNO2S/c1-2-24-19-6-4-3-5-17(19)18(23)12-11-16-13-25-20(22-16)14-7-9-15(21)10-8-14/h3-13H,2H2,1H3/b12-11+. The molecule has 0 unspecified atom stereocenters. The molecule has 3 aromatic rings. The highest BCUT2D eigenvalue weighted by atomic mass is 35.5. The zero-order valence-corrected chi connectivity index (χ0v) is 15.2. The van der Waals surface area contributed by atoms with E-state index in [-0.39, 0.29) is 5.78 Å². The molecule has 5 heteroatoms. The molecule has 0 atom stereocenters. The first-order valence-corrected chi connectivity index (χ1v) is 9.09. The number of ketones is 1. The van der Waals surface area contributed by atoms with E-state index in [1.165, 1.54) is 17.4 Å². The molecule has 2 aromatic carbocycles. The third kappa shape index (κ3) is 4.35. The lowest BCUT2D eigenvalue weighted by Gasteiger charge is -2.06. The molecule has 0 radical (unpaired) electrons. The molecular weight excluding hydrogens is 354 g/mol. The normalized spacial score (nSPS) is 11.0. The van der Waals surface area contributed by atoms with Crippen molar-refractivity contribution >= 4 is 34.8 Å². The number of halogens is 1. The number of thiazole rings is 1. The van der Waals surface area contributed by atoms with Crippen LogP contribution in [0, 0.1) is 0 Å². The largest absolute Gasteiger partial charge is 0.493 e. The van der Waals surface area contributed by atoms with Crippen LogP contribution in [-0.2, 0) is 0 Å². The number of aromatic nitrogens is 1. The first kappa shape index (κ1) is 17.4. The van der Waals surface area contributed by atoms with Crippen LogP contribution in [0.3, 0.4) is 0 Å². The summed E-state index contributed by atoms with van der Waals surface area (Å²) in [5, 5.41) is 3.50. The summed E-state index contributed by atoms with van der Waals surface area (Å²) in [6.07, 6.45) is 3.25. The van der Waals surface area contributed by atoms with Crippen molar-refractivity contribution in [1.29, 1.82) is 0 Å². The Bertz CT molecular complexity index is 900. The summed E-state index contributed by atoms with van der Waals surface area (Å²) >= 11 is 7.43. The van der Waals surface area contributed by atoms with Gasteiger partial charge in [-0.3, -0.25) is 4.79 Å². The second-order valence-electron chi connectivity index (χ2n) is 5.21. The Kier molecular flexibility index (Phi) is 5.64. The summed E-state index contributed by atoms with van der Waals surface area (Å²) in [5.41, 5.74) is 2.30. The maximum Gasteiger partial charge on any atom is 0.189 e. The van der Waals surface area contributed by atoms with Crippen molar-refractivity contribution in [3.05, 3.63) is 76.3 Å². The SMILES string of the molecule is CCOc1ccccc1C(=O)/C=C/c1csc(-c2ccc(Cl)cc2)n1. The number of para-hydroxylation sites is 1. The van der Waals surface area contributed by atoms with Gasteiger partial charge < -0.3 is 4.74 Å². The van der Waals surface area contributed by atoms with Gasteiger partial charge in [-0.25, -0.2) is 4.98 Å². The molecule has 0 aliphatic rings. The van der Waals surface area contributed by atoms with Gasteiger partial charge in [-0.2, -0.15) is 0 Å². The van der Waals surface area contributed by atoms with Crippen LogP contribution in [0.4, 0.5) is 0 Å². The molecule has 0 spiro atoms. The van der Waals surface area contributed by atoms with Crippen molar-refractivity contribution in [3.63, 3.8) is 0 Å². The second kappa shape index (κ2) is 8.10. The van der Waals surface area contributed by atoms with Gasteiger partial charge in [-0.05, 0) is 43.3 Å². The lowest BCUT2D eigenvalue weighted by molar-refractivity contribution is 0.104. The van der Waals surface area contributed by atoms with Crippen LogP contribution >= 0.6 is 22.9 Å². The van der Waals surface area contributed by atoms with E-state index in [4.69, 9.17) is 16.3 Å². The number of rotatable bonds is 6. The zero-order chi connectivity index (χ0) is 17.6. The highest BCUT2D eigenvalue weighted by Gasteiger charge is 2.09. The van der Waals surface area contributed by atoms with Crippen molar-refractivity contribution in [2.75, 3.05) is 6.61 Å². The summed E-state index contributed by atoms with van der Waals surface area (Å²) < 4.78 is 5.50. The molecule has 0 aliphatic carbocycles. The molecule has 126 valence electrons. The maximum absolute atomic E-state index is 12.4. The number of hydrogen-bond acceptors (Lipinski definition) is 4. The van der Waals surface area contributed by atoms with E-state index in [1.54, 1.807) is 18.2 Å². The summed E-state index contributed by atoms with van der Waals surface area (Å²) in [5.74, 6) is 0.491. The van der Waals surface area contributed by atoms with Crippen LogP contribution in [-0.4, -0.2) is 17.4 Å². The quantitative estimate of drug-likeness (QED) is 0.409. The molecule has 0 aliphatic heterocycles. The van der Waals surface area contributed by atoms with Gasteiger partial charge in [0.05, 0.1) is 17.9 Å². The molecule has 0 saturated carbocycles. The fraction of sp³-hybridized carbons (Fsp3) is 0.100. The lowest BCUT2D eigenvalue weighted by Crippen LogP contribution is -2.01. The summed E-state index contributed by atoms with van der Waals surface area (Å²) in [6.45, 7) is 2.41. The number of hydrogen-bond donors (Lipinski definition) is 0. The molecule has 0 fully saturated rings. The van der Waals surface area contributed by atoms with Crippen molar-refractivity contribution in [3.8, 4) is 16.3 Å². The Morgan fingerprint density at radius 1 is 1.20 bits per heavy atom. The Labute approximate surface area is 155 Å². The monoisotopic (exact) mass is 369 g/mol. The van der Waals surface area contributed by atoms with Gasteiger partial charge in [0.1, 0.15) is 10.8 Å². The smallest absolute Gasteiger partial charge is 0.189 e. The minimum Gasteiger partial charge on any atom is -0.493 e. The van der Waals surface area contributed by atoms with Crippen molar-refractivity contribution < 1.29 is 9.53 Å². The van der Waals surface area contributed by atoms with Crippen LogP contribution in [0.2, 0.25) is 5.02 Å². The van der Waals surface area contributed by atoms with Crippen molar-refractivity contribution in [1.82, 2.24) is 4.98 Å². The van der Waals surface area contributed by atoms with E-state index in [0.29, 0.717) is 22.9 Å². The molecule has 0 saturated heterocycles. The van der Waals surface area contributed by atoms with E-state index in [9.17, 15) is 4.79 Å². The number of carbonyl (C=O) groups is 1. The number of carbonyl (C=O) groups excluding carboxylic acids is 1. The summed E-state index contributed by atoms with van der Waals surface area (Å²) in [6, 6.07) is 14.8. The zero-order valence-electron chi connectivity index (χ0n) is 13.6. The van der Waals surface area contributed by atoms with Crippen LogP contribution in [0.15, 0.2) is 60.0 Å². The highest BCUT2D eigenvalue weighted by molar-refractivity contribution is 7.13. The van der Waals surface area contributed by atoms with Gasteiger partial charge in [-0.15, -0.1) is 11.3 Å². The number of benzene rings is 2. The molecule has 0 N–H and O–H groups in total. The third-order valence-corrected chi connectivity index (χ3v) is 4.63. The third-order valence-electron chi connectivity index (χ3n) is 3.47. The van der Waals surface area contributed by atoms with E-state index in [1.807, 2.05) is 48.7 Å². The number of allylic oxidation sites excluding steroid dienone is 1. The van der Waals surface area contributed by atoms with Gasteiger partial charge in [0, 0.05) is 16.0 Å². The van der Waals surface area contributed by atoms with Gasteiger partial charge in [-0.1, -0.05) is 35.9 Å². The molecule has 0 bridgehead atoms. The minimum absolute atomic E-state index is 0.106. The Morgan fingerprint density at radius 3 is 2.72 bits per heavy atom. The van der Waals surface area contributed by atoms with Gasteiger partial charge in [0.25, 0.3) is 0 Å². The van der Waals surface area contributed by atoms with Crippen LogP contribution in [0.5, 0.6) is 5.75 Å². The first-order valence-electron chi connectivity index (χ1n) is 7.83. The second-order valence-corrected chi connectivity index (χ2v) is 6.51. The summed E-state index contributed by atoms with van der Waals surface area (Å²) in [4.78, 5) is 17.0. The van der Waals surface area contributed by atoms with E-state index >= 15 is 0 Å². The molecular formula is C20H16ClNO2S. The van der Waals surface area contributed by atoms with E-state index in [2.05, 4.69) is 4.98 Å². The Morgan fingerprint density at radius 2 is 1.96 bits per heavy atom. The van der Waals surface area contributed by atoms with Crippen molar-refractivity contribution in [2.45, 2.75) is 6.92 Å². The molecule has 25 heavy (non-hydrogen) atoms. The van der Waals surface area contributed by atoms with Gasteiger partial charge >= 0.3 is 0 Å². The lowest BCUT2D eigenvalue weighted by atomic mass is 10.1. The minimum atomic E-state index is -0.106. The molecule has 1 aromatic heterocycles. The van der Waals surface area contributed by atoms with Crippen molar-refractivity contribution in [2.24, 2.45) is 0 Å². The number of ether oxygens (including phenoxy) is 1.